The Morgan fingerprint density at radius 1 is 1.62 bits per heavy atom. The molecule has 0 amide bonds. The minimum Gasteiger partial charge on any atom is -0.317 e. The Kier molecular flexibility index (Phi) is 1.55. The predicted octanol–water partition coefficient (Wildman–Crippen LogP) is 0.747. The summed E-state index contributed by atoms with van der Waals surface area (Å²) >= 11 is 0. The molecule has 44 valence electrons. The summed E-state index contributed by atoms with van der Waals surface area (Å²) in [5.74, 6) is 3.18. The second-order valence-electron chi connectivity index (χ2n) is 2.38. The van der Waals surface area contributed by atoms with E-state index in [0.29, 0.717) is 5.92 Å². The van der Waals surface area contributed by atoms with Crippen molar-refractivity contribution in [2.24, 2.45) is 11.7 Å². The van der Waals surface area contributed by atoms with Gasteiger partial charge in [0.1, 0.15) is 0 Å². The van der Waals surface area contributed by atoms with Gasteiger partial charge in [0.25, 0.3) is 0 Å². The lowest BCUT2D eigenvalue weighted by molar-refractivity contribution is 0.294. The zero-order valence-electron chi connectivity index (χ0n) is 4.93. The highest BCUT2D eigenvalue weighted by Gasteiger charge is 2.22. The lowest BCUT2D eigenvalue weighted by Gasteiger charge is -2.27. The topological polar surface area (TPSA) is 26.0 Å². The van der Waals surface area contributed by atoms with Crippen LogP contribution in [0.15, 0.2) is 0 Å². The maximum Gasteiger partial charge on any atom is 0.0690 e. The quantitative estimate of drug-likeness (QED) is 0.494. The molecule has 1 rings (SSSR count). The predicted molar refractivity (Wildman–Crippen MR) is 34.1 cm³/mol. The molecule has 1 nitrogen and oxygen atoms in total. The van der Waals surface area contributed by atoms with Crippen LogP contribution in [0.3, 0.4) is 0 Å². The van der Waals surface area contributed by atoms with Gasteiger partial charge < -0.3 is 5.73 Å². The zero-order chi connectivity index (χ0) is 5.98. The highest BCUT2D eigenvalue weighted by Crippen LogP contribution is 2.27. The van der Waals surface area contributed by atoms with Crippen LogP contribution in [0.25, 0.3) is 0 Å². The normalized spacial score (nSPS) is 23.5. The van der Waals surface area contributed by atoms with Crippen LogP contribution < -0.4 is 5.73 Å². The minimum absolute atomic E-state index is 0.0312. The fourth-order valence-corrected chi connectivity index (χ4v) is 0.935. The summed E-state index contributed by atoms with van der Waals surface area (Å²) in [6.45, 7) is 0. The van der Waals surface area contributed by atoms with Crippen LogP contribution in [0, 0.1) is 18.3 Å². The SMILES string of the molecule is C#C[C@H](N)C1CCC1. The molecule has 0 spiro atoms. The Hall–Kier alpha value is -0.480. The zero-order valence-corrected chi connectivity index (χ0v) is 4.93. The molecule has 1 atom stereocenters. The molecule has 0 heterocycles. The average Bonchev–Trinajstić information content (AvgIpc) is 1.62. The van der Waals surface area contributed by atoms with Crippen LogP contribution in [0.4, 0.5) is 0 Å². The minimum atomic E-state index is 0.0312. The second-order valence-corrected chi connectivity index (χ2v) is 2.38. The van der Waals surface area contributed by atoms with Gasteiger partial charge in [0.05, 0.1) is 6.04 Å². The van der Waals surface area contributed by atoms with E-state index in [1.807, 2.05) is 0 Å². The second kappa shape index (κ2) is 2.19. The molecule has 1 aliphatic carbocycles. The third-order valence-corrected chi connectivity index (χ3v) is 1.85. The first-order valence-electron chi connectivity index (χ1n) is 3.06. The standard InChI is InChI=1S/C7H11N/c1-2-7(8)6-4-3-5-6/h1,6-7H,3-5,8H2/t7-/m0/s1. The third-order valence-electron chi connectivity index (χ3n) is 1.85. The largest absolute Gasteiger partial charge is 0.317 e. The first-order chi connectivity index (χ1) is 3.84. The van der Waals surface area contributed by atoms with Crippen molar-refractivity contribution < 1.29 is 0 Å². The molecule has 1 aliphatic rings. The van der Waals surface area contributed by atoms with Crippen molar-refractivity contribution in [3.8, 4) is 12.3 Å². The summed E-state index contributed by atoms with van der Waals surface area (Å²) in [7, 11) is 0. The van der Waals surface area contributed by atoms with E-state index in [0.717, 1.165) is 0 Å². The van der Waals surface area contributed by atoms with E-state index in [-0.39, 0.29) is 6.04 Å². The van der Waals surface area contributed by atoms with E-state index in [2.05, 4.69) is 5.92 Å². The molecule has 8 heavy (non-hydrogen) atoms. The lowest BCUT2D eigenvalue weighted by atomic mass is 9.80. The van der Waals surface area contributed by atoms with Crippen molar-refractivity contribution >= 4 is 0 Å². The average molecular weight is 109 g/mol. The van der Waals surface area contributed by atoms with Crippen LogP contribution in [0.1, 0.15) is 19.3 Å². The summed E-state index contributed by atoms with van der Waals surface area (Å²) < 4.78 is 0. The number of terminal acetylenes is 1. The van der Waals surface area contributed by atoms with E-state index in [1.54, 1.807) is 0 Å². The van der Waals surface area contributed by atoms with Gasteiger partial charge in [-0.1, -0.05) is 12.3 Å². The van der Waals surface area contributed by atoms with Crippen molar-refractivity contribution in [2.45, 2.75) is 25.3 Å². The van der Waals surface area contributed by atoms with Crippen molar-refractivity contribution in [2.75, 3.05) is 0 Å². The van der Waals surface area contributed by atoms with E-state index < -0.39 is 0 Å². The van der Waals surface area contributed by atoms with Gasteiger partial charge in [-0.3, -0.25) is 0 Å². The van der Waals surface area contributed by atoms with Crippen LogP contribution in [-0.2, 0) is 0 Å². The Morgan fingerprint density at radius 3 is 2.38 bits per heavy atom. The number of nitrogens with two attached hydrogens (primary N) is 1. The molecule has 0 bridgehead atoms. The molecule has 0 radical (unpaired) electrons. The van der Waals surface area contributed by atoms with Crippen molar-refractivity contribution in [3.05, 3.63) is 0 Å². The molecular formula is C7H11N. The smallest absolute Gasteiger partial charge is 0.0690 e. The summed E-state index contributed by atoms with van der Waals surface area (Å²) in [6, 6.07) is 0.0312. The maximum absolute atomic E-state index is 5.54. The monoisotopic (exact) mass is 109 g/mol. The molecule has 0 aromatic carbocycles. The third kappa shape index (κ3) is 0.850. The summed E-state index contributed by atoms with van der Waals surface area (Å²) in [6.07, 6.45) is 8.91. The van der Waals surface area contributed by atoms with Gasteiger partial charge in [0.15, 0.2) is 0 Å². The fourth-order valence-electron chi connectivity index (χ4n) is 0.935. The van der Waals surface area contributed by atoms with Crippen molar-refractivity contribution in [3.63, 3.8) is 0 Å². The molecule has 1 saturated carbocycles. The Labute approximate surface area is 50.3 Å². The van der Waals surface area contributed by atoms with Crippen LogP contribution in [0.5, 0.6) is 0 Å². The van der Waals surface area contributed by atoms with Gasteiger partial charge in [0, 0.05) is 0 Å². The molecule has 0 aliphatic heterocycles. The summed E-state index contributed by atoms with van der Waals surface area (Å²) in [4.78, 5) is 0. The number of rotatable bonds is 1. The Morgan fingerprint density at radius 2 is 2.25 bits per heavy atom. The highest BCUT2D eigenvalue weighted by atomic mass is 14.6. The summed E-state index contributed by atoms with van der Waals surface area (Å²) in [5.41, 5.74) is 5.54. The van der Waals surface area contributed by atoms with E-state index >= 15 is 0 Å². The van der Waals surface area contributed by atoms with Gasteiger partial charge in [-0.25, -0.2) is 0 Å². The molecule has 0 aromatic heterocycles. The molecule has 0 saturated heterocycles. The van der Waals surface area contributed by atoms with Crippen LogP contribution in [0.2, 0.25) is 0 Å². The van der Waals surface area contributed by atoms with Gasteiger partial charge in [0.2, 0.25) is 0 Å². The molecule has 1 heteroatoms. The van der Waals surface area contributed by atoms with E-state index in [4.69, 9.17) is 12.2 Å². The van der Waals surface area contributed by atoms with Gasteiger partial charge in [-0.2, -0.15) is 0 Å². The van der Waals surface area contributed by atoms with E-state index in [1.165, 1.54) is 19.3 Å². The van der Waals surface area contributed by atoms with Crippen molar-refractivity contribution in [1.29, 1.82) is 0 Å². The van der Waals surface area contributed by atoms with Crippen molar-refractivity contribution in [1.82, 2.24) is 0 Å². The molecular weight excluding hydrogens is 98.1 g/mol. The van der Waals surface area contributed by atoms with Gasteiger partial charge in [-0.05, 0) is 18.8 Å². The van der Waals surface area contributed by atoms with Gasteiger partial charge in [-0.15, -0.1) is 6.42 Å². The maximum atomic E-state index is 5.54. The fraction of sp³-hybridized carbons (Fsp3) is 0.714. The number of hydrogen-bond donors (Lipinski definition) is 1. The molecule has 0 aromatic rings. The highest BCUT2D eigenvalue weighted by molar-refractivity contribution is 5.02. The van der Waals surface area contributed by atoms with Crippen LogP contribution in [-0.4, -0.2) is 6.04 Å². The molecule has 0 unspecified atom stereocenters. The Bertz CT molecular complexity index is 108. The van der Waals surface area contributed by atoms with Crippen LogP contribution >= 0.6 is 0 Å². The number of hydrogen-bond acceptors (Lipinski definition) is 1. The first kappa shape index (κ1) is 5.65. The first-order valence-corrected chi connectivity index (χ1v) is 3.06. The molecule has 1 fully saturated rings. The summed E-state index contributed by atoms with van der Waals surface area (Å²) in [5, 5.41) is 0. The van der Waals surface area contributed by atoms with Gasteiger partial charge >= 0.3 is 0 Å². The van der Waals surface area contributed by atoms with E-state index in [9.17, 15) is 0 Å². The Balaban J connectivity index is 2.26. The lowest BCUT2D eigenvalue weighted by Crippen LogP contribution is -2.32. The molecule has 2 N–H and O–H groups in total.